The molecule has 0 radical (unpaired) electrons. The van der Waals surface area contributed by atoms with Crippen LogP contribution in [0.4, 0.5) is 34.1 Å². The lowest BCUT2D eigenvalue weighted by Gasteiger charge is -2.29. The molecule has 0 aliphatic heterocycles. The van der Waals surface area contributed by atoms with E-state index in [2.05, 4.69) is 240 Å². The molecule has 0 spiro atoms. The normalized spacial score (nSPS) is 11.8. The van der Waals surface area contributed by atoms with E-state index in [0.29, 0.717) is 0 Å². The number of rotatable bonds is 7. The Bertz CT molecular complexity index is 3990. The van der Waals surface area contributed by atoms with Crippen LogP contribution in [0.3, 0.4) is 0 Å². The summed E-state index contributed by atoms with van der Waals surface area (Å²) in [6, 6.07) is 87.1. The van der Waals surface area contributed by atoms with Gasteiger partial charge in [0, 0.05) is 65.2 Å². The molecule has 0 aliphatic rings. The molecule has 12 aromatic carbocycles. The summed E-state index contributed by atoms with van der Waals surface area (Å²) in [5.41, 5.74) is 12.4. The van der Waals surface area contributed by atoms with Crippen LogP contribution in [-0.2, 0) is 0 Å². The molecule has 0 N–H and O–H groups in total. The maximum absolute atomic E-state index is 6.56. The topological polar surface area (TPSA) is 32.8 Å². The largest absolute Gasteiger partial charge is 0.455 e. The minimum Gasteiger partial charge on any atom is -0.455 e. The molecule has 4 heteroatoms. The van der Waals surface area contributed by atoms with Gasteiger partial charge in [-0.15, -0.1) is 0 Å². The molecule has 14 rings (SSSR count). The van der Waals surface area contributed by atoms with Crippen LogP contribution in [0, 0.1) is 0 Å². The summed E-state index contributed by atoms with van der Waals surface area (Å²) in [7, 11) is 0. The SMILES string of the molecule is c1ccc2c(N(c3ccc(-c4ccc(N(c5cccc6ccccc56)c5cc6c7ccccc7oc6c6ccccc56)cc4)cc3)c3cc4c5ccccc5oc4c4ccccc34)cccc2c1. The van der Waals surface area contributed by atoms with E-state index < -0.39 is 0 Å². The van der Waals surface area contributed by atoms with Crippen molar-refractivity contribution in [2.45, 2.75) is 0 Å². The second-order valence-corrected chi connectivity index (χ2v) is 17.6. The van der Waals surface area contributed by atoms with Gasteiger partial charge in [0.25, 0.3) is 0 Å². The third-order valence-electron chi connectivity index (χ3n) is 13.8. The van der Waals surface area contributed by atoms with Crippen LogP contribution < -0.4 is 9.80 Å². The first-order valence-corrected chi connectivity index (χ1v) is 23.2. The van der Waals surface area contributed by atoms with Gasteiger partial charge in [0.1, 0.15) is 22.3 Å². The molecule has 2 heterocycles. The van der Waals surface area contributed by atoms with Crippen LogP contribution in [0.1, 0.15) is 0 Å². The van der Waals surface area contributed by atoms with Crippen LogP contribution >= 0.6 is 0 Å². The zero-order chi connectivity index (χ0) is 44.7. The fraction of sp³-hybridized carbons (Fsp3) is 0. The zero-order valence-electron chi connectivity index (χ0n) is 36.8. The van der Waals surface area contributed by atoms with Gasteiger partial charge in [-0.25, -0.2) is 0 Å². The third-order valence-corrected chi connectivity index (χ3v) is 13.8. The summed E-state index contributed by atoms with van der Waals surface area (Å²) in [6.45, 7) is 0. The monoisotopic (exact) mass is 868 g/mol. The maximum atomic E-state index is 6.56. The van der Waals surface area contributed by atoms with E-state index in [4.69, 9.17) is 8.83 Å². The quantitative estimate of drug-likeness (QED) is 0.160. The van der Waals surface area contributed by atoms with Gasteiger partial charge in [0.2, 0.25) is 0 Å². The van der Waals surface area contributed by atoms with Crippen LogP contribution in [0.25, 0.3) is 98.1 Å². The number of hydrogen-bond acceptors (Lipinski definition) is 4. The fourth-order valence-electron chi connectivity index (χ4n) is 10.7. The van der Waals surface area contributed by atoms with Crippen LogP contribution in [0.15, 0.2) is 251 Å². The lowest BCUT2D eigenvalue weighted by atomic mass is 9.99. The van der Waals surface area contributed by atoms with E-state index in [1.54, 1.807) is 0 Å². The highest BCUT2D eigenvalue weighted by molar-refractivity contribution is 6.22. The van der Waals surface area contributed by atoms with E-state index in [1.165, 1.54) is 21.5 Å². The van der Waals surface area contributed by atoms with Crippen molar-refractivity contribution in [2.24, 2.45) is 0 Å². The zero-order valence-corrected chi connectivity index (χ0v) is 36.8. The first-order chi connectivity index (χ1) is 33.7. The summed E-state index contributed by atoms with van der Waals surface area (Å²) in [5, 5.41) is 13.6. The van der Waals surface area contributed by atoms with Gasteiger partial charge < -0.3 is 18.6 Å². The highest BCUT2D eigenvalue weighted by Gasteiger charge is 2.24. The molecule has 0 bridgehead atoms. The lowest BCUT2D eigenvalue weighted by Crippen LogP contribution is -2.11. The molecule has 2 aromatic heterocycles. The van der Waals surface area contributed by atoms with E-state index in [-0.39, 0.29) is 0 Å². The fourth-order valence-corrected chi connectivity index (χ4v) is 10.7. The number of anilines is 6. The molecule has 0 saturated carbocycles. The van der Waals surface area contributed by atoms with Gasteiger partial charge in [-0.05, 0) is 82.6 Å². The smallest absolute Gasteiger partial charge is 0.143 e. The van der Waals surface area contributed by atoms with Crippen molar-refractivity contribution in [3.63, 3.8) is 0 Å². The van der Waals surface area contributed by atoms with Gasteiger partial charge in [-0.2, -0.15) is 0 Å². The minimum absolute atomic E-state index is 0.887. The summed E-state index contributed by atoms with van der Waals surface area (Å²) in [6.07, 6.45) is 0. The first-order valence-electron chi connectivity index (χ1n) is 23.2. The summed E-state index contributed by atoms with van der Waals surface area (Å²) >= 11 is 0. The van der Waals surface area contributed by atoms with Crippen molar-refractivity contribution in [3.8, 4) is 11.1 Å². The Morgan fingerprint density at radius 3 is 1.00 bits per heavy atom. The van der Waals surface area contributed by atoms with E-state index in [0.717, 1.165) is 111 Å². The molecule has 0 saturated heterocycles. The van der Waals surface area contributed by atoms with Crippen molar-refractivity contribution in [1.29, 1.82) is 0 Å². The van der Waals surface area contributed by atoms with Gasteiger partial charge in [0.15, 0.2) is 0 Å². The Kier molecular flexibility index (Phi) is 8.55. The van der Waals surface area contributed by atoms with Crippen molar-refractivity contribution in [1.82, 2.24) is 0 Å². The van der Waals surface area contributed by atoms with E-state index in [1.807, 2.05) is 12.1 Å². The maximum Gasteiger partial charge on any atom is 0.143 e. The molecular formula is C64H40N2O2. The van der Waals surface area contributed by atoms with Crippen molar-refractivity contribution in [3.05, 3.63) is 243 Å². The highest BCUT2D eigenvalue weighted by atomic mass is 16.3. The molecule has 0 aliphatic carbocycles. The second kappa shape index (κ2) is 15.2. The molecule has 0 fully saturated rings. The molecule has 0 unspecified atom stereocenters. The Labute approximate surface area is 391 Å². The first kappa shape index (κ1) is 38.2. The van der Waals surface area contributed by atoms with Crippen LogP contribution in [-0.4, -0.2) is 0 Å². The standard InChI is InChI=1S/C64H40N2O2/c1-3-19-47-43(15-1)17-13-27-57(47)65(59-39-55-51-23-9-11-29-61(51)67-63(55)53-25-7-5-21-49(53)59)45-35-31-41(32-36-45)42-33-37-46(38-34-42)66(58-28-14-18-44-16-2-4-20-48(44)58)60-40-56-52-24-10-12-30-62(52)68-64(56)54-26-8-6-22-50(54)60/h1-40H. The molecule has 0 atom stereocenters. The number of para-hydroxylation sites is 2. The summed E-state index contributed by atoms with van der Waals surface area (Å²) < 4.78 is 13.1. The molecule has 4 nitrogen and oxygen atoms in total. The van der Waals surface area contributed by atoms with Gasteiger partial charge >= 0.3 is 0 Å². The van der Waals surface area contributed by atoms with Gasteiger partial charge in [-0.1, -0.05) is 182 Å². The lowest BCUT2D eigenvalue weighted by molar-refractivity contribution is 0.672. The Balaban J connectivity index is 0.917. The Morgan fingerprint density at radius 1 is 0.235 bits per heavy atom. The van der Waals surface area contributed by atoms with E-state index in [9.17, 15) is 0 Å². The molecule has 0 amide bonds. The molecule has 14 aromatic rings. The van der Waals surface area contributed by atoms with Crippen molar-refractivity contribution >= 4 is 121 Å². The minimum atomic E-state index is 0.887. The highest BCUT2D eigenvalue weighted by Crippen LogP contribution is 2.48. The third kappa shape index (κ3) is 5.94. The average molecular weight is 869 g/mol. The predicted octanol–water partition coefficient (Wildman–Crippen LogP) is 18.7. The molecular weight excluding hydrogens is 829 g/mol. The van der Waals surface area contributed by atoms with Crippen LogP contribution in [0.2, 0.25) is 0 Å². The van der Waals surface area contributed by atoms with Crippen molar-refractivity contribution < 1.29 is 8.83 Å². The van der Waals surface area contributed by atoms with Crippen molar-refractivity contribution in [2.75, 3.05) is 9.80 Å². The summed E-state index contributed by atoms with van der Waals surface area (Å²) in [4.78, 5) is 4.84. The average Bonchev–Trinajstić information content (AvgIpc) is 3.98. The molecule has 318 valence electrons. The Morgan fingerprint density at radius 2 is 0.574 bits per heavy atom. The number of benzene rings is 12. The molecule has 68 heavy (non-hydrogen) atoms. The predicted molar refractivity (Wildman–Crippen MR) is 286 cm³/mol. The Hall–Kier alpha value is -9.12. The summed E-state index contributed by atoms with van der Waals surface area (Å²) in [5.74, 6) is 0. The number of furan rings is 2. The number of fused-ring (bicyclic) bond motifs is 12. The van der Waals surface area contributed by atoms with Gasteiger partial charge in [-0.3, -0.25) is 0 Å². The second-order valence-electron chi connectivity index (χ2n) is 17.6. The number of hydrogen-bond donors (Lipinski definition) is 0. The number of nitrogens with zero attached hydrogens (tertiary/aromatic N) is 2. The van der Waals surface area contributed by atoms with Crippen LogP contribution in [0.5, 0.6) is 0 Å². The van der Waals surface area contributed by atoms with Gasteiger partial charge in [0.05, 0.1) is 22.7 Å². The van der Waals surface area contributed by atoms with E-state index >= 15 is 0 Å².